The van der Waals surface area contributed by atoms with Crippen molar-refractivity contribution in [3.05, 3.63) is 35.4 Å². The molecule has 0 amide bonds. The van der Waals surface area contributed by atoms with Crippen molar-refractivity contribution in [1.82, 2.24) is 15.0 Å². The maximum atomic E-state index is 13.1. The van der Waals surface area contributed by atoms with Gasteiger partial charge in [-0.1, -0.05) is 12.1 Å². The van der Waals surface area contributed by atoms with Gasteiger partial charge in [-0.25, -0.2) is 4.39 Å². The molecular formula is C11H10ClFN4. The quantitative estimate of drug-likeness (QED) is 0.823. The van der Waals surface area contributed by atoms with E-state index in [1.165, 1.54) is 12.1 Å². The minimum Gasteiger partial charge on any atom is -0.347 e. The molecule has 1 aromatic carbocycles. The summed E-state index contributed by atoms with van der Waals surface area (Å²) in [4.78, 5) is 13.8. The van der Waals surface area contributed by atoms with Crippen LogP contribution >= 0.6 is 11.6 Å². The normalized spacial score (nSPS) is 10.4. The molecule has 0 saturated carbocycles. The van der Waals surface area contributed by atoms with Crippen molar-refractivity contribution in [2.24, 2.45) is 0 Å². The van der Waals surface area contributed by atoms with Crippen LogP contribution in [-0.4, -0.2) is 29.0 Å². The maximum Gasteiger partial charge on any atom is 0.229 e. The number of aromatic nitrogens is 3. The Labute approximate surface area is 103 Å². The number of nitrogens with zero attached hydrogens (tertiary/aromatic N) is 4. The van der Waals surface area contributed by atoms with E-state index in [0.717, 1.165) is 0 Å². The molecule has 0 spiro atoms. The number of hydrogen-bond acceptors (Lipinski definition) is 4. The summed E-state index contributed by atoms with van der Waals surface area (Å²) in [5, 5.41) is 0.0861. The van der Waals surface area contributed by atoms with E-state index < -0.39 is 0 Å². The first-order valence-corrected chi connectivity index (χ1v) is 5.29. The van der Waals surface area contributed by atoms with Gasteiger partial charge in [0.25, 0.3) is 0 Å². The molecule has 0 unspecified atom stereocenters. The van der Waals surface area contributed by atoms with Crippen LogP contribution in [-0.2, 0) is 0 Å². The molecule has 0 saturated heterocycles. The van der Waals surface area contributed by atoms with E-state index in [1.807, 2.05) is 0 Å². The summed E-state index contributed by atoms with van der Waals surface area (Å²) in [6, 6.07) is 6.02. The lowest BCUT2D eigenvalue weighted by Gasteiger charge is -2.10. The lowest BCUT2D eigenvalue weighted by atomic mass is 10.2. The van der Waals surface area contributed by atoms with Gasteiger partial charge in [0.15, 0.2) is 5.82 Å². The SMILES string of the molecule is CN(C)c1nc(Cl)nc(-c2cccc(F)c2)n1. The number of hydrogen-bond donors (Lipinski definition) is 0. The van der Waals surface area contributed by atoms with Crippen LogP contribution in [0.25, 0.3) is 11.4 Å². The van der Waals surface area contributed by atoms with Crippen molar-refractivity contribution >= 4 is 17.5 Å². The number of benzene rings is 1. The molecule has 0 aliphatic heterocycles. The molecule has 2 rings (SSSR count). The van der Waals surface area contributed by atoms with Gasteiger partial charge < -0.3 is 4.90 Å². The van der Waals surface area contributed by atoms with Crippen molar-refractivity contribution < 1.29 is 4.39 Å². The van der Waals surface area contributed by atoms with Gasteiger partial charge >= 0.3 is 0 Å². The zero-order valence-corrected chi connectivity index (χ0v) is 10.1. The van der Waals surface area contributed by atoms with Crippen LogP contribution in [0.5, 0.6) is 0 Å². The summed E-state index contributed by atoms with van der Waals surface area (Å²) in [5.41, 5.74) is 0.567. The highest BCUT2D eigenvalue weighted by Gasteiger charge is 2.09. The Morgan fingerprint density at radius 1 is 1.18 bits per heavy atom. The zero-order chi connectivity index (χ0) is 12.4. The Morgan fingerprint density at radius 3 is 2.59 bits per heavy atom. The third-order valence-electron chi connectivity index (χ3n) is 2.08. The molecule has 0 atom stereocenters. The zero-order valence-electron chi connectivity index (χ0n) is 9.35. The average molecular weight is 253 g/mol. The topological polar surface area (TPSA) is 41.9 Å². The number of halogens is 2. The van der Waals surface area contributed by atoms with Gasteiger partial charge in [0.1, 0.15) is 5.82 Å². The van der Waals surface area contributed by atoms with Crippen molar-refractivity contribution in [2.75, 3.05) is 19.0 Å². The molecule has 2 aromatic rings. The second kappa shape index (κ2) is 4.63. The minimum atomic E-state index is -0.342. The maximum absolute atomic E-state index is 13.1. The monoisotopic (exact) mass is 252 g/mol. The van der Waals surface area contributed by atoms with Crippen LogP contribution < -0.4 is 4.90 Å². The van der Waals surface area contributed by atoms with E-state index in [-0.39, 0.29) is 11.1 Å². The first-order valence-electron chi connectivity index (χ1n) is 4.91. The van der Waals surface area contributed by atoms with E-state index in [9.17, 15) is 4.39 Å². The summed E-state index contributed by atoms with van der Waals surface area (Å²) in [6.07, 6.45) is 0. The van der Waals surface area contributed by atoms with Crippen LogP contribution in [0.4, 0.5) is 10.3 Å². The molecule has 88 valence electrons. The van der Waals surface area contributed by atoms with Crippen LogP contribution in [0.2, 0.25) is 5.28 Å². The van der Waals surface area contributed by atoms with Crippen molar-refractivity contribution in [1.29, 1.82) is 0 Å². The van der Waals surface area contributed by atoms with Crippen molar-refractivity contribution in [3.63, 3.8) is 0 Å². The van der Waals surface area contributed by atoms with E-state index in [0.29, 0.717) is 17.3 Å². The summed E-state index contributed by atoms with van der Waals surface area (Å²) >= 11 is 5.80. The predicted molar refractivity (Wildman–Crippen MR) is 64.6 cm³/mol. The highest BCUT2D eigenvalue weighted by molar-refractivity contribution is 6.28. The van der Waals surface area contributed by atoms with Gasteiger partial charge in [-0.3, -0.25) is 0 Å². The Hall–Kier alpha value is -1.75. The lowest BCUT2D eigenvalue weighted by molar-refractivity contribution is 0.628. The van der Waals surface area contributed by atoms with Crippen LogP contribution in [0.15, 0.2) is 24.3 Å². The molecule has 0 bridgehead atoms. The second-order valence-electron chi connectivity index (χ2n) is 3.63. The molecule has 0 aliphatic rings. The predicted octanol–water partition coefficient (Wildman–Crippen LogP) is 2.40. The Balaban J connectivity index is 2.52. The standard InChI is InChI=1S/C11H10ClFN4/c1-17(2)11-15-9(14-10(12)16-11)7-4-3-5-8(13)6-7/h3-6H,1-2H3. The fourth-order valence-corrected chi connectivity index (χ4v) is 1.45. The molecule has 0 radical (unpaired) electrons. The van der Waals surface area contributed by atoms with Crippen LogP contribution in [0.3, 0.4) is 0 Å². The average Bonchev–Trinajstić information content (AvgIpc) is 2.28. The number of rotatable bonds is 2. The first kappa shape index (κ1) is 11.7. The summed E-state index contributed by atoms with van der Waals surface area (Å²) in [7, 11) is 3.59. The summed E-state index contributed by atoms with van der Waals surface area (Å²) in [6.45, 7) is 0. The van der Waals surface area contributed by atoms with Gasteiger partial charge in [0.2, 0.25) is 11.2 Å². The molecule has 1 heterocycles. The fourth-order valence-electron chi connectivity index (χ4n) is 1.30. The highest BCUT2D eigenvalue weighted by atomic mass is 35.5. The summed E-state index contributed by atoms with van der Waals surface area (Å²) in [5.74, 6) is 0.447. The molecule has 0 aliphatic carbocycles. The van der Waals surface area contributed by atoms with E-state index in [2.05, 4.69) is 15.0 Å². The van der Waals surface area contributed by atoms with E-state index >= 15 is 0 Å². The van der Waals surface area contributed by atoms with Gasteiger partial charge in [0, 0.05) is 19.7 Å². The third kappa shape index (κ3) is 2.68. The van der Waals surface area contributed by atoms with Crippen LogP contribution in [0.1, 0.15) is 0 Å². The smallest absolute Gasteiger partial charge is 0.229 e. The molecule has 1 aromatic heterocycles. The Morgan fingerprint density at radius 2 is 1.94 bits per heavy atom. The largest absolute Gasteiger partial charge is 0.347 e. The van der Waals surface area contributed by atoms with Crippen molar-refractivity contribution in [2.45, 2.75) is 0 Å². The summed E-state index contributed by atoms with van der Waals surface area (Å²) < 4.78 is 13.1. The molecule has 6 heteroatoms. The van der Waals surface area contributed by atoms with Gasteiger partial charge in [-0.05, 0) is 23.7 Å². The fraction of sp³-hybridized carbons (Fsp3) is 0.182. The molecule has 17 heavy (non-hydrogen) atoms. The molecule has 0 fully saturated rings. The Bertz CT molecular complexity index is 545. The number of anilines is 1. The lowest BCUT2D eigenvalue weighted by Crippen LogP contribution is -2.13. The molecular weight excluding hydrogens is 243 g/mol. The second-order valence-corrected chi connectivity index (χ2v) is 3.97. The molecule has 4 nitrogen and oxygen atoms in total. The first-order chi connectivity index (χ1) is 8.06. The van der Waals surface area contributed by atoms with Gasteiger partial charge in [-0.15, -0.1) is 0 Å². The Kier molecular flexibility index (Phi) is 3.19. The third-order valence-corrected chi connectivity index (χ3v) is 2.25. The highest BCUT2D eigenvalue weighted by Crippen LogP contribution is 2.19. The van der Waals surface area contributed by atoms with E-state index in [4.69, 9.17) is 11.6 Å². The van der Waals surface area contributed by atoms with Gasteiger partial charge in [0.05, 0.1) is 0 Å². The minimum absolute atomic E-state index is 0.0861. The van der Waals surface area contributed by atoms with E-state index in [1.54, 1.807) is 31.1 Å². The van der Waals surface area contributed by atoms with Crippen LogP contribution in [0, 0.1) is 5.82 Å². The van der Waals surface area contributed by atoms with Gasteiger partial charge in [-0.2, -0.15) is 15.0 Å². The molecule has 0 N–H and O–H groups in total. The van der Waals surface area contributed by atoms with Crippen molar-refractivity contribution in [3.8, 4) is 11.4 Å².